The molecule has 2 aromatic heterocycles. The zero-order valence-electron chi connectivity index (χ0n) is 14.1. The summed E-state index contributed by atoms with van der Waals surface area (Å²) in [5.41, 5.74) is 7.45. The molecule has 0 saturated carbocycles. The largest absolute Gasteiger partial charge is 0.411 e. The van der Waals surface area contributed by atoms with Crippen LogP contribution >= 0.6 is 0 Å². The van der Waals surface area contributed by atoms with Crippen molar-refractivity contribution >= 4 is 11.2 Å². The van der Waals surface area contributed by atoms with Gasteiger partial charge in [-0.25, -0.2) is 4.57 Å². The summed E-state index contributed by atoms with van der Waals surface area (Å²) in [6.07, 6.45) is 0. The lowest BCUT2D eigenvalue weighted by atomic mass is 10.1. The van der Waals surface area contributed by atoms with Gasteiger partial charge in [0.25, 0.3) is 0 Å². The molecule has 3 heteroatoms. The molecule has 0 amide bonds. The molecule has 118 valence electrons. The molecule has 0 bridgehead atoms. The summed E-state index contributed by atoms with van der Waals surface area (Å²) in [4.78, 5) is 4.72. The van der Waals surface area contributed by atoms with Crippen LogP contribution in [0.3, 0.4) is 0 Å². The number of hydrogen-bond donors (Lipinski definition) is 0. The molecule has 0 spiro atoms. The molecular weight excluding hydrogens is 296 g/mol. The molecule has 2 aromatic carbocycles. The number of nitrogens with zero attached hydrogens (tertiary/aromatic N) is 2. The maximum atomic E-state index is 5.96. The zero-order valence-corrected chi connectivity index (χ0v) is 14.1. The van der Waals surface area contributed by atoms with Crippen molar-refractivity contribution in [1.82, 2.24) is 4.98 Å². The number of benzene rings is 2. The maximum absolute atomic E-state index is 5.96. The summed E-state index contributed by atoms with van der Waals surface area (Å²) in [5, 5.41) is 0. The highest BCUT2D eigenvalue weighted by atomic mass is 16.3. The first-order valence-electron chi connectivity index (χ1n) is 8.06. The Morgan fingerprint density at radius 2 is 1.62 bits per heavy atom. The van der Waals surface area contributed by atoms with Crippen LogP contribution in [0.5, 0.6) is 0 Å². The maximum Gasteiger partial charge on any atom is 0.370 e. The van der Waals surface area contributed by atoms with Crippen molar-refractivity contribution < 1.29 is 8.98 Å². The fourth-order valence-electron chi connectivity index (χ4n) is 3.00. The summed E-state index contributed by atoms with van der Waals surface area (Å²) >= 11 is 0. The van der Waals surface area contributed by atoms with Gasteiger partial charge in [0.1, 0.15) is 5.69 Å². The van der Waals surface area contributed by atoms with E-state index in [9.17, 15) is 0 Å². The molecule has 4 aromatic rings. The van der Waals surface area contributed by atoms with Crippen LogP contribution in [0.15, 0.2) is 65.1 Å². The van der Waals surface area contributed by atoms with E-state index in [1.807, 2.05) is 25.2 Å². The van der Waals surface area contributed by atoms with Crippen LogP contribution in [0.1, 0.15) is 11.1 Å². The first-order valence-corrected chi connectivity index (χ1v) is 8.06. The Kier molecular flexibility index (Phi) is 3.42. The van der Waals surface area contributed by atoms with Gasteiger partial charge in [-0.15, -0.1) is 0 Å². The Morgan fingerprint density at radius 3 is 2.38 bits per heavy atom. The third kappa shape index (κ3) is 2.38. The molecule has 0 aliphatic carbocycles. The molecule has 0 saturated heterocycles. The lowest BCUT2D eigenvalue weighted by Gasteiger charge is -2.05. The summed E-state index contributed by atoms with van der Waals surface area (Å²) in [7, 11) is 2.03. The minimum Gasteiger partial charge on any atom is -0.411 e. The number of oxazole rings is 1. The zero-order chi connectivity index (χ0) is 16.7. The van der Waals surface area contributed by atoms with Gasteiger partial charge in [0.2, 0.25) is 5.58 Å². The number of aromatic nitrogens is 2. The van der Waals surface area contributed by atoms with Gasteiger partial charge in [0.05, 0.1) is 12.6 Å². The van der Waals surface area contributed by atoms with Gasteiger partial charge in [-0.2, -0.15) is 0 Å². The van der Waals surface area contributed by atoms with E-state index in [1.165, 1.54) is 16.7 Å². The Balaban J connectivity index is 1.88. The molecule has 0 aliphatic rings. The fraction of sp³-hybridized carbons (Fsp3) is 0.143. The molecule has 2 heterocycles. The Hall–Kier alpha value is -2.94. The lowest BCUT2D eigenvalue weighted by molar-refractivity contribution is -0.635. The van der Waals surface area contributed by atoms with Crippen LogP contribution in [0.25, 0.3) is 33.9 Å². The van der Waals surface area contributed by atoms with E-state index >= 15 is 0 Å². The van der Waals surface area contributed by atoms with Gasteiger partial charge in [0.15, 0.2) is 0 Å². The number of fused-ring (bicyclic) bond motifs is 1. The van der Waals surface area contributed by atoms with Crippen molar-refractivity contribution in [2.24, 2.45) is 7.05 Å². The van der Waals surface area contributed by atoms with Crippen molar-refractivity contribution in [3.05, 3.63) is 71.8 Å². The van der Waals surface area contributed by atoms with Crippen molar-refractivity contribution in [3.63, 3.8) is 0 Å². The number of hydrogen-bond acceptors (Lipinski definition) is 2. The molecule has 0 atom stereocenters. The van der Waals surface area contributed by atoms with Gasteiger partial charge in [-0.3, -0.25) is 0 Å². The van der Waals surface area contributed by atoms with Gasteiger partial charge in [0, 0.05) is 10.5 Å². The van der Waals surface area contributed by atoms with Crippen LogP contribution in [-0.4, -0.2) is 4.98 Å². The predicted molar refractivity (Wildman–Crippen MR) is 95.5 cm³/mol. The lowest BCUT2D eigenvalue weighted by Crippen LogP contribution is -2.32. The summed E-state index contributed by atoms with van der Waals surface area (Å²) < 4.78 is 8.06. The summed E-state index contributed by atoms with van der Waals surface area (Å²) in [6, 6.07) is 20.7. The van der Waals surface area contributed by atoms with E-state index in [0.29, 0.717) is 5.89 Å². The van der Waals surface area contributed by atoms with Crippen molar-refractivity contribution in [2.75, 3.05) is 0 Å². The van der Waals surface area contributed by atoms with E-state index in [2.05, 4.69) is 60.9 Å². The molecule has 0 unspecified atom stereocenters. The first kappa shape index (κ1) is 14.6. The first-order chi connectivity index (χ1) is 11.6. The summed E-state index contributed by atoms with van der Waals surface area (Å²) in [6.45, 7) is 4.20. The molecule has 4 rings (SSSR count). The second kappa shape index (κ2) is 5.60. The molecule has 24 heavy (non-hydrogen) atoms. The minimum atomic E-state index is 0.655. The topological polar surface area (TPSA) is 29.9 Å². The monoisotopic (exact) mass is 315 g/mol. The van der Waals surface area contributed by atoms with Gasteiger partial charge in [-0.1, -0.05) is 42.0 Å². The highest BCUT2D eigenvalue weighted by Crippen LogP contribution is 2.26. The predicted octanol–water partition coefficient (Wildman–Crippen LogP) is 4.60. The van der Waals surface area contributed by atoms with Crippen molar-refractivity contribution in [1.29, 1.82) is 0 Å². The number of aryl methyl sites for hydroxylation is 3. The smallest absolute Gasteiger partial charge is 0.370 e. The fourth-order valence-corrected chi connectivity index (χ4v) is 3.00. The SMILES string of the molecule is Cc1ccc(-c2nc3c(ccc(-c4ccccc4C)[n+]3C)o2)cc1. The average Bonchev–Trinajstić information content (AvgIpc) is 3.02. The molecule has 0 N–H and O–H groups in total. The third-order valence-electron chi connectivity index (χ3n) is 4.43. The quantitative estimate of drug-likeness (QED) is 0.506. The van der Waals surface area contributed by atoms with E-state index in [-0.39, 0.29) is 0 Å². The van der Waals surface area contributed by atoms with E-state index in [0.717, 1.165) is 22.5 Å². The van der Waals surface area contributed by atoms with E-state index in [1.54, 1.807) is 0 Å². The highest BCUT2D eigenvalue weighted by molar-refractivity contribution is 5.73. The summed E-state index contributed by atoms with van der Waals surface area (Å²) in [5.74, 6) is 0.655. The van der Waals surface area contributed by atoms with E-state index < -0.39 is 0 Å². The molecule has 0 aliphatic heterocycles. The van der Waals surface area contributed by atoms with Crippen LogP contribution in [0, 0.1) is 13.8 Å². The van der Waals surface area contributed by atoms with Crippen LogP contribution in [0.4, 0.5) is 0 Å². The van der Waals surface area contributed by atoms with E-state index in [4.69, 9.17) is 9.40 Å². The second-order valence-corrected chi connectivity index (χ2v) is 6.17. The standard InChI is InChI=1S/C21H19N2O/c1-14-8-10-16(11-9-14)21-22-20-19(24-21)13-12-18(23(20)3)17-7-5-4-6-15(17)2/h4-13H,1-3H3/q+1. The minimum absolute atomic E-state index is 0.655. The average molecular weight is 315 g/mol. The normalized spacial score (nSPS) is 11.1. The van der Waals surface area contributed by atoms with Gasteiger partial charge >= 0.3 is 11.5 Å². The Labute approximate surface area is 141 Å². The van der Waals surface area contributed by atoms with Crippen molar-refractivity contribution in [3.8, 4) is 22.7 Å². The molecule has 0 radical (unpaired) electrons. The molecule has 0 fully saturated rings. The van der Waals surface area contributed by atoms with Gasteiger partial charge < -0.3 is 4.42 Å². The molecule has 3 nitrogen and oxygen atoms in total. The third-order valence-corrected chi connectivity index (χ3v) is 4.43. The molecular formula is C21H19N2O+. The van der Waals surface area contributed by atoms with Crippen LogP contribution in [0.2, 0.25) is 0 Å². The van der Waals surface area contributed by atoms with Gasteiger partial charge in [-0.05, 0) is 43.7 Å². The Morgan fingerprint density at radius 1 is 0.875 bits per heavy atom. The highest BCUT2D eigenvalue weighted by Gasteiger charge is 2.21. The number of pyridine rings is 1. The number of rotatable bonds is 2. The second-order valence-electron chi connectivity index (χ2n) is 6.17. The Bertz CT molecular complexity index is 1030. The van der Waals surface area contributed by atoms with Crippen LogP contribution < -0.4 is 4.57 Å². The van der Waals surface area contributed by atoms with Crippen molar-refractivity contribution in [2.45, 2.75) is 13.8 Å². The van der Waals surface area contributed by atoms with Crippen LogP contribution in [-0.2, 0) is 7.05 Å².